The first-order valence-electron chi connectivity index (χ1n) is 2.39. The second-order valence-electron chi connectivity index (χ2n) is 1.45. The fourth-order valence-corrected chi connectivity index (χ4v) is 0.293. The van der Waals surface area contributed by atoms with E-state index in [1.54, 1.807) is 0 Å². The van der Waals surface area contributed by atoms with E-state index in [0.717, 1.165) is 0 Å². The summed E-state index contributed by atoms with van der Waals surface area (Å²) >= 11 is 0. The van der Waals surface area contributed by atoms with Gasteiger partial charge in [-0.1, -0.05) is 6.92 Å². The normalized spacial score (nSPS) is 14.1. The Hall–Kier alpha value is -0.0800. The van der Waals surface area contributed by atoms with Gasteiger partial charge in [0.05, 0.1) is 6.10 Å². The van der Waals surface area contributed by atoms with E-state index >= 15 is 0 Å². The first kappa shape index (κ1) is 6.92. The third-order valence-corrected chi connectivity index (χ3v) is 0.796. The molecule has 0 aliphatic carbocycles. The van der Waals surface area contributed by atoms with Crippen molar-refractivity contribution in [3.05, 3.63) is 6.92 Å². The van der Waals surface area contributed by atoms with Crippen molar-refractivity contribution < 1.29 is 10.2 Å². The third kappa shape index (κ3) is 3.76. The minimum atomic E-state index is -0.412. The van der Waals surface area contributed by atoms with Crippen molar-refractivity contribution in [2.24, 2.45) is 0 Å². The molecule has 2 N–H and O–H groups in total. The van der Waals surface area contributed by atoms with Crippen molar-refractivity contribution in [3.63, 3.8) is 0 Å². The number of rotatable bonds is 3. The number of hydrogen-bond acceptors (Lipinski definition) is 2. The van der Waals surface area contributed by atoms with Crippen LogP contribution < -0.4 is 0 Å². The molecular formula is C5H11O2. The summed E-state index contributed by atoms with van der Waals surface area (Å²) in [4.78, 5) is 0. The Morgan fingerprint density at radius 3 is 2.29 bits per heavy atom. The lowest BCUT2D eigenvalue weighted by atomic mass is 10.2. The summed E-state index contributed by atoms with van der Waals surface area (Å²) < 4.78 is 0. The van der Waals surface area contributed by atoms with E-state index in [1.165, 1.54) is 0 Å². The van der Waals surface area contributed by atoms with Crippen LogP contribution in [0.25, 0.3) is 0 Å². The first-order chi connectivity index (χ1) is 3.31. The van der Waals surface area contributed by atoms with Crippen molar-refractivity contribution in [2.75, 3.05) is 6.61 Å². The smallest absolute Gasteiger partial charge is 0.0562 e. The summed E-state index contributed by atoms with van der Waals surface area (Å²) in [5.41, 5.74) is 0. The molecule has 0 rings (SSSR count). The topological polar surface area (TPSA) is 40.5 Å². The summed E-state index contributed by atoms with van der Waals surface area (Å²) in [6, 6.07) is 0. The molecule has 0 saturated carbocycles. The van der Waals surface area contributed by atoms with Gasteiger partial charge >= 0.3 is 0 Å². The lowest BCUT2D eigenvalue weighted by Gasteiger charge is -2.01. The van der Waals surface area contributed by atoms with E-state index in [1.807, 2.05) is 0 Å². The molecule has 0 amide bonds. The average molecular weight is 103 g/mol. The van der Waals surface area contributed by atoms with Crippen LogP contribution >= 0.6 is 0 Å². The monoisotopic (exact) mass is 103 g/mol. The second kappa shape index (κ2) is 4.09. The molecule has 0 heterocycles. The van der Waals surface area contributed by atoms with E-state index < -0.39 is 6.10 Å². The Kier molecular flexibility index (Phi) is 4.04. The number of hydrogen-bond donors (Lipinski definition) is 2. The summed E-state index contributed by atoms with van der Waals surface area (Å²) in [6.45, 7) is 3.50. The van der Waals surface area contributed by atoms with Crippen LogP contribution in [0.5, 0.6) is 0 Å². The van der Waals surface area contributed by atoms with Gasteiger partial charge in [-0.3, -0.25) is 0 Å². The molecular weight excluding hydrogens is 92.1 g/mol. The molecule has 1 unspecified atom stereocenters. The van der Waals surface area contributed by atoms with Crippen LogP contribution in [0.3, 0.4) is 0 Å². The van der Waals surface area contributed by atoms with Gasteiger partial charge in [0.2, 0.25) is 0 Å². The first-order valence-corrected chi connectivity index (χ1v) is 2.39. The zero-order valence-corrected chi connectivity index (χ0v) is 4.30. The largest absolute Gasteiger partial charge is 0.396 e. The zero-order valence-electron chi connectivity index (χ0n) is 4.30. The lowest BCUT2D eigenvalue weighted by Crippen LogP contribution is -2.05. The molecule has 0 bridgehead atoms. The fourth-order valence-electron chi connectivity index (χ4n) is 0.293. The highest BCUT2D eigenvalue weighted by molar-refractivity contribution is 4.53. The molecule has 0 aliphatic rings. The summed E-state index contributed by atoms with van der Waals surface area (Å²) in [6.07, 6.45) is 0.523. The molecule has 2 nitrogen and oxygen atoms in total. The summed E-state index contributed by atoms with van der Waals surface area (Å²) in [5, 5.41) is 16.8. The molecule has 0 spiro atoms. The standard InChI is InChI=1S/C5H11O2/c1-2-5(7)3-4-6/h5-7H,1-4H2. The molecule has 43 valence electrons. The van der Waals surface area contributed by atoms with E-state index in [-0.39, 0.29) is 6.61 Å². The summed E-state index contributed by atoms with van der Waals surface area (Å²) in [7, 11) is 0. The Morgan fingerprint density at radius 2 is 2.14 bits per heavy atom. The predicted molar refractivity (Wildman–Crippen MR) is 27.7 cm³/mol. The van der Waals surface area contributed by atoms with Crippen LogP contribution in [-0.4, -0.2) is 22.9 Å². The Balaban J connectivity index is 2.83. The fraction of sp³-hybridized carbons (Fsp3) is 0.800. The van der Waals surface area contributed by atoms with Crippen molar-refractivity contribution in [3.8, 4) is 0 Å². The number of aliphatic hydroxyl groups excluding tert-OH is 2. The summed E-state index contributed by atoms with van der Waals surface area (Å²) in [5.74, 6) is 0. The third-order valence-electron chi connectivity index (χ3n) is 0.796. The SMILES string of the molecule is [CH2]CC(O)CCO. The predicted octanol–water partition coefficient (Wildman–Crippen LogP) is -0.0461. The highest BCUT2D eigenvalue weighted by Gasteiger charge is 1.95. The molecule has 1 radical (unpaired) electrons. The minimum absolute atomic E-state index is 0.0523. The maximum Gasteiger partial charge on any atom is 0.0562 e. The van der Waals surface area contributed by atoms with Gasteiger partial charge in [-0.05, 0) is 12.8 Å². The van der Waals surface area contributed by atoms with Gasteiger partial charge in [-0.25, -0.2) is 0 Å². The van der Waals surface area contributed by atoms with Crippen molar-refractivity contribution >= 4 is 0 Å². The molecule has 0 aromatic heterocycles. The Bertz CT molecular complexity index is 37.1. The van der Waals surface area contributed by atoms with Crippen LogP contribution in [0.1, 0.15) is 12.8 Å². The second-order valence-corrected chi connectivity index (χ2v) is 1.45. The van der Waals surface area contributed by atoms with E-state index in [0.29, 0.717) is 12.8 Å². The molecule has 1 atom stereocenters. The van der Waals surface area contributed by atoms with Gasteiger partial charge in [-0.15, -0.1) is 0 Å². The maximum absolute atomic E-state index is 8.64. The van der Waals surface area contributed by atoms with Gasteiger partial charge in [0.15, 0.2) is 0 Å². The van der Waals surface area contributed by atoms with Crippen LogP contribution in [0.15, 0.2) is 0 Å². The van der Waals surface area contributed by atoms with Crippen LogP contribution in [-0.2, 0) is 0 Å². The van der Waals surface area contributed by atoms with Crippen LogP contribution in [0.2, 0.25) is 0 Å². The molecule has 0 aromatic rings. The molecule has 7 heavy (non-hydrogen) atoms. The van der Waals surface area contributed by atoms with Gasteiger partial charge in [0, 0.05) is 6.61 Å². The molecule has 0 aliphatic heterocycles. The van der Waals surface area contributed by atoms with Gasteiger partial charge in [-0.2, -0.15) is 0 Å². The van der Waals surface area contributed by atoms with E-state index in [2.05, 4.69) is 6.92 Å². The Labute approximate surface area is 43.8 Å². The zero-order chi connectivity index (χ0) is 5.70. The Morgan fingerprint density at radius 1 is 1.57 bits per heavy atom. The maximum atomic E-state index is 8.64. The van der Waals surface area contributed by atoms with E-state index in [4.69, 9.17) is 10.2 Å². The van der Waals surface area contributed by atoms with Crippen LogP contribution in [0, 0.1) is 6.92 Å². The molecule has 0 fully saturated rings. The van der Waals surface area contributed by atoms with Crippen molar-refractivity contribution in [1.29, 1.82) is 0 Å². The van der Waals surface area contributed by atoms with Crippen molar-refractivity contribution in [2.45, 2.75) is 18.9 Å². The highest BCUT2D eigenvalue weighted by atomic mass is 16.3. The van der Waals surface area contributed by atoms with E-state index in [9.17, 15) is 0 Å². The van der Waals surface area contributed by atoms with Gasteiger partial charge < -0.3 is 10.2 Å². The van der Waals surface area contributed by atoms with Crippen LogP contribution in [0.4, 0.5) is 0 Å². The highest BCUT2D eigenvalue weighted by Crippen LogP contribution is 1.92. The van der Waals surface area contributed by atoms with Gasteiger partial charge in [0.25, 0.3) is 0 Å². The molecule has 0 saturated heterocycles. The average Bonchev–Trinajstić information content (AvgIpc) is 1.68. The lowest BCUT2D eigenvalue weighted by molar-refractivity contribution is 0.135. The molecule has 0 aromatic carbocycles. The minimum Gasteiger partial charge on any atom is -0.396 e. The quantitative estimate of drug-likeness (QED) is 0.526. The van der Waals surface area contributed by atoms with Gasteiger partial charge in [0.1, 0.15) is 0 Å². The van der Waals surface area contributed by atoms with Crippen molar-refractivity contribution in [1.82, 2.24) is 0 Å². The molecule has 2 heteroatoms. The number of aliphatic hydroxyl groups is 2.